The highest BCUT2D eigenvalue weighted by molar-refractivity contribution is 5.95. The molecule has 0 saturated carbocycles. The molecule has 1 aliphatic heterocycles. The number of likely N-dealkylation sites (N-methyl/N-ethyl adjacent to an activating group) is 2. The molecule has 1 unspecified atom stereocenters. The van der Waals surface area contributed by atoms with Gasteiger partial charge in [-0.15, -0.1) is 0 Å². The molecule has 1 aliphatic rings. The topological polar surface area (TPSA) is 99.0 Å². The molecule has 3 aromatic carbocycles. The predicted octanol–water partition coefficient (Wildman–Crippen LogP) is 4.95. The Labute approximate surface area is 281 Å². The second-order valence-corrected chi connectivity index (χ2v) is 14.0. The Morgan fingerprint density at radius 3 is 2.26 bits per heavy atom. The van der Waals surface area contributed by atoms with E-state index in [0.29, 0.717) is 31.8 Å². The van der Waals surface area contributed by atoms with Gasteiger partial charge < -0.3 is 25.8 Å². The van der Waals surface area contributed by atoms with Crippen LogP contribution in [0.1, 0.15) is 57.6 Å². The van der Waals surface area contributed by atoms with Gasteiger partial charge in [-0.1, -0.05) is 78.4 Å². The molecular weight excluding hydrogens is 586 g/mol. The molecular formula is C39H53N5O3. The van der Waals surface area contributed by atoms with E-state index >= 15 is 0 Å². The summed E-state index contributed by atoms with van der Waals surface area (Å²) in [6.45, 7) is 7.35. The van der Waals surface area contributed by atoms with Crippen molar-refractivity contribution in [3.8, 4) is 0 Å². The average Bonchev–Trinajstić information content (AvgIpc) is 3.44. The summed E-state index contributed by atoms with van der Waals surface area (Å²) in [6.07, 6.45) is 5.96. The maximum Gasteiger partial charge on any atom is 0.246 e. The van der Waals surface area contributed by atoms with Crippen LogP contribution < -0.4 is 11.1 Å². The number of hydrogen-bond donors (Lipinski definition) is 2. The van der Waals surface area contributed by atoms with Crippen LogP contribution >= 0.6 is 0 Å². The Balaban J connectivity index is 1.61. The number of likely N-dealkylation sites (tertiary alicyclic amines) is 1. The Bertz CT molecular complexity index is 1550. The summed E-state index contributed by atoms with van der Waals surface area (Å²) in [4.78, 5) is 47.4. The first kappa shape index (κ1) is 35.8. The van der Waals surface area contributed by atoms with E-state index in [0.717, 1.165) is 46.9 Å². The molecule has 0 aromatic heterocycles. The average molecular weight is 640 g/mol. The van der Waals surface area contributed by atoms with Crippen LogP contribution in [0, 0.1) is 0 Å². The van der Waals surface area contributed by atoms with Crippen LogP contribution in [0.15, 0.2) is 84.4 Å². The molecule has 0 bridgehead atoms. The third-order valence-electron chi connectivity index (χ3n) is 9.29. The fourth-order valence-electron chi connectivity index (χ4n) is 6.67. The zero-order chi connectivity index (χ0) is 34.1. The van der Waals surface area contributed by atoms with Crippen molar-refractivity contribution in [3.63, 3.8) is 0 Å². The van der Waals surface area contributed by atoms with Crippen molar-refractivity contribution in [2.75, 3.05) is 34.2 Å². The lowest BCUT2D eigenvalue weighted by Crippen LogP contribution is -2.56. The zero-order valence-corrected chi connectivity index (χ0v) is 29.0. The van der Waals surface area contributed by atoms with Crippen molar-refractivity contribution >= 4 is 28.5 Å². The molecule has 252 valence electrons. The van der Waals surface area contributed by atoms with Gasteiger partial charge in [-0.25, -0.2) is 0 Å². The molecule has 1 fully saturated rings. The number of rotatable bonds is 14. The highest BCUT2D eigenvalue weighted by Gasteiger charge is 2.35. The zero-order valence-electron chi connectivity index (χ0n) is 29.0. The molecule has 0 radical (unpaired) electrons. The van der Waals surface area contributed by atoms with Crippen LogP contribution in [0.2, 0.25) is 0 Å². The molecule has 3 amide bonds. The summed E-state index contributed by atoms with van der Waals surface area (Å²) >= 11 is 0. The van der Waals surface area contributed by atoms with Crippen LogP contribution in [-0.4, -0.2) is 90.3 Å². The molecule has 1 heterocycles. The van der Waals surface area contributed by atoms with Gasteiger partial charge in [-0.3, -0.25) is 14.4 Å². The second kappa shape index (κ2) is 16.2. The Kier molecular flexibility index (Phi) is 12.4. The van der Waals surface area contributed by atoms with Gasteiger partial charge in [0.2, 0.25) is 17.7 Å². The van der Waals surface area contributed by atoms with Gasteiger partial charge in [-0.05, 0) is 81.9 Å². The standard InChI is InChI=1S/C39H53N5O3/c1-28(27-39(2,3)40)23-36(45)43(5)35(26-30-18-19-31-15-10-11-16-32(31)24-30)38(47)44(6)34(25-29-13-8-7-9-14-29)37(46)41-21-20-33-17-12-22-42(33)4/h7-11,13-16,18-19,23-24,33-35H,12,17,20-22,25-27,40H2,1-6H3,(H,41,46)/b28-23+/t33?,34-,35-/m1/s1. The van der Waals surface area contributed by atoms with Crippen LogP contribution in [0.5, 0.6) is 0 Å². The third-order valence-corrected chi connectivity index (χ3v) is 9.29. The minimum atomic E-state index is -0.832. The first-order valence-electron chi connectivity index (χ1n) is 16.8. The van der Waals surface area contributed by atoms with Crippen molar-refractivity contribution in [2.24, 2.45) is 5.73 Å². The van der Waals surface area contributed by atoms with Crippen molar-refractivity contribution in [3.05, 3.63) is 95.6 Å². The number of hydrogen-bond acceptors (Lipinski definition) is 5. The molecule has 3 atom stereocenters. The lowest BCUT2D eigenvalue weighted by atomic mass is 9.96. The monoisotopic (exact) mass is 639 g/mol. The van der Waals surface area contributed by atoms with Crippen molar-refractivity contribution < 1.29 is 14.4 Å². The number of carbonyl (C=O) groups is 3. The van der Waals surface area contributed by atoms with Gasteiger partial charge in [0, 0.05) is 51.1 Å². The molecule has 8 heteroatoms. The van der Waals surface area contributed by atoms with Gasteiger partial charge in [-0.2, -0.15) is 0 Å². The first-order chi connectivity index (χ1) is 22.3. The first-order valence-corrected chi connectivity index (χ1v) is 16.8. The Hall–Kier alpha value is -4.01. The predicted molar refractivity (Wildman–Crippen MR) is 191 cm³/mol. The number of benzene rings is 3. The Morgan fingerprint density at radius 2 is 1.60 bits per heavy atom. The fourth-order valence-corrected chi connectivity index (χ4v) is 6.67. The summed E-state index contributed by atoms with van der Waals surface area (Å²) in [6, 6.07) is 22.8. The summed E-state index contributed by atoms with van der Waals surface area (Å²) in [7, 11) is 5.48. The van der Waals surface area contributed by atoms with Gasteiger partial charge in [0.15, 0.2) is 0 Å². The van der Waals surface area contributed by atoms with Crippen molar-refractivity contribution in [1.29, 1.82) is 0 Å². The van der Waals surface area contributed by atoms with Crippen LogP contribution in [0.3, 0.4) is 0 Å². The second-order valence-electron chi connectivity index (χ2n) is 14.0. The van der Waals surface area contributed by atoms with E-state index in [9.17, 15) is 14.4 Å². The summed E-state index contributed by atoms with van der Waals surface area (Å²) in [5.41, 5.74) is 8.49. The van der Waals surface area contributed by atoms with E-state index in [1.807, 2.05) is 81.4 Å². The van der Waals surface area contributed by atoms with Crippen LogP contribution in [0.4, 0.5) is 0 Å². The van der Waals surface area contributed by atoms with E-state index in [1.54, 1.807) is 25.1 Å². The van der Waals surface area contributed by atoms with Gasteiger partial charge in [0.1, 0.15) is 12.1 Å². The number of nitrogens with one attached hydrogen (secondary N) is 1. The van der Waals surface area contributed by atoms with Gasteiger partial charge >= 0.3 is 0 Å². The highest BCUT2D eigenvalue weighted by Crippen LogP contribution is 2.21. The summed E-state index contributed by atoms with van der Waals surface area (Å²) < 4.78 is 0. The highest BCUT2D eigenvalue weighted by atomic mass is 16.2. The van der Waals surface area contributed by atoms with E-state index < -0.39 is 17.6 Å². The van der Waals surface area contributed by atoms with E-state index in [1.165, 1.54) is 11.3 Å². The van der Waals surface area contributed by atoms with Crippen molar-refractivity contribution in [2.45, 2.75) is 83.0 Å². The molecule has 0 spiro atoms. The number of amides is 3. The number of carbonyl (C=O) groups excluding carboxylic acids is 3. The summed E-state index contributed by atoms with van der Waals surface area (Å²) in [5.74, 6) is -0.750. The smallest absolute Gasteiger partial charge is 0.246 e. The molecule has 0 aliphatic carbocycles. The third kappa shape index (κ3) is 10.2. The molecule has 47 heavy (non-hydrogen) atoms. The minimum absolute atomic E-state index is 0.190. The van der Waals surface area contributed by atoms with Crippen molar-refractivity contribution in [1.82, 2.24) is 20.0 Å². The maximum atomic E-state index is 14.5. The molecule has 8 nitrogen and oxygen atoms in total. The lowest BCUT2D eigenvalue weighted by Gasteiger charge is -2.34. The molecule has 3 N–H and O–H groups in total. The molecule has 4 rings (SSSR count). The molecule has 3 aromatic rings. The van der Waals surface area contributed by atoms with E-state index in [-0.39, 0.29) is 17.7 Å². The SMILES string of the molecule is C/C(=C\C(=O)N(C)[C@H](Cc1ccc2ccccc2c1)C(=O)N(C)[C@H](Cc1ccccc1)C(=O)NCCC1CCCN1C)CC(C)(C)N. The minimum Gasteiger partial charge on any atom is -0.354 e. The quantitative estimate of drug-likeness (QED) is 0.243. The maximum absolute atomic E-state index is 14.5. The number of nitrogens with two attached hydrogens (primary N) is 1. The number of fused-ring (bicyclic) bond motifs is 1. The van der Waals surface area contributed by atoms with E-state index in [2.05, 4.69) is 29.4 Å². The van der Waals surface area contributed by atoms with Gasteiger partial charge in [0.25, 0.3) is 0 Å². The van der Waals surface area contributed by atoms with Crippen LogP contribution in [-0.2, 0) is 27.2 Å². The largest absolute Gasteiger partial charge is 0.354 e. The lowest BCUT2D eigenvalue weighted by molar-refractivity contribution is -0.146. The fraction of sp³-hybridized carbons (Fsp3) is 0.462. The molecule has 1 saturated heterocycles. The van der Waals surface area contributed by atoms with Crippen LogP contribution in [0.25, 0.3) is 10.8 Å². The summed E-state index contributed by atoms with van der Waals surface area (Å²) in [5, 5.41) is 5.30. The van der Waals surface area contributed by atoms with E-state index in [4.69, 9.17) is 5.73 Å². The number of nitrogens with zero attached hydrogens (tertiary/aromatic N) is 3. The Morgan fingerprint density at radius 1 is 0.936 bits per heavy atom. The van der Waals surface area contributed by atoms with Gasteiger partial charge in [0.05, 0.1) is 0 Å². The normalized spacial score (nSPS) is 16.9.